The summed E-state index contributed by atoms with van der Waals surface area (Å²) in [4.78, 5) is 24.6. The van der Waals surface area contributed by atoms with Gasteiger partial charge in [0.1, 0.15) is 12.2 Å². The van der Waals surface area contributed by atoms with Crippen LogP contribution in [-0.4, -0.2) is 53.8 Å². The molecule has 0 atom stereocenters. The minimum Gasteiger partial charge on any atom is -1.00 e. The number of ether oxygens (including phenoxy) is 1. The Morgan fingerprint density at radius 3 is 2.32 bits per heavy atom. The highest BCUT2D eigenvalue weighted by Gasteiger charge is 2.15. The van der Waals surface area contributed by atoms with Gasteiger partial charge in [-0.3, -0.25) is 15.0 Å². The summed E-state index contributed by atoms with van der Waals surface area (Å²) in [5.41, 5.74) is 1.09. The number of non-ortho nitro benzene ring substituents is 1. The standard InChI is InChI=1S/C18H20Cl2N3O4.HI/c19-7-10-21(11-8-20)12-13-27-18(24)15-2-1-9-22(14-15)16-3-5-17(6-4-16)23(25)26;/h1-6,9,14H,7-8,10-13H2;1H/q+1;/p-1. The molecule has 0 N–H and O–H groups in total. The summed E-state index contributed by atoms with van der Waals surface area (Å²) >= 11 is 11.5. The number of pyridine rings is 1. The summed E-state index contributed by atoms with van der Waals surface area (Å²) in [6.45, 7) is 2.15. The zero-order valence-corrected chi connectivity index (χ0v) is 18.6. The summed E-state index contributed by atoms with van der Waals surface area (Å²) in [7, 11) is 0. The van der Waals surface area contributed by atoms with Crippen molar-refractivity contribution in [1.82, 2.24) is 4.90 Å². The van der Waals surface area contributed by atoms with Gasteiger partial charge in [-0.1, -0.05) is 0 Å². The van der Waals surface area contributed by atoms with Crippen LogP contribution in [0.25, 0.3) is 5.69 Å². The number of hydrogen-bond acceptors (Lipinski definition) is 5. The van der Waals surface area contributed by atoms with Crippen molar-refractivity contribution in [3.8, 4) is 5.69 Å². The number of nitro benzene ring substituents is 1. The second-order valence-electron chi connectivity index (χ2n) is 5.63. The second kappa shape index (κ2) is 12.9. The number of carbonyl (C=O) groups is 1. The number of carbonyl (C=O) groups excluding carboxylic acids is 1. The summed E-state index contributed by atoms with van der Waals surface area (Å²) in [5, 5.41) is 10.7. The highest BCUT2D eigenvalue weighted by Crippen LogP contribution is 2.12. The predicted molar refractivity (Wildman–Crippen MR) is 103 cm³/mol. The fourth-order valence-electron chi connectivity index (χ4n) is 2.43. The van der Waals surface area contributed by atoms with Crippen LogP contribution >= 0.6 is 23.2 Å². The minimum atomic E-state index is -0.458. The molecule has 0 amide bonds. The van der Waals surface area contributed by atoms with Crippen LogP contribution in [0.4, 0.5) is 5.69 Å². The van der Waals surface area contributed by atoms with E-state index in [1.165, 1.54) is 12.1 Å². The zero-order chi connectivity index (χ0) is 19.6. The van der Waals surface area contributed by atoms with Crippen molar-refractivity contribution in [2.45, 2.75) is 0 Å². The van der Waals surface area contributed by atoms with E-state index in [0.717, 1.165) is 0 Å². The summed E-state index contributed by atoms with van der Waals surface area (Å²) in [6, 6.07) is 9.42. The number of benzene rings is 1. The number of aromatic nitrogens is 1. The Kier molecular flexibility index (Phi) is 11.3. The molecular formula is C18H20Cl2IN3O4. The van der Waals surface area contributed by atoms with E-state index in [-0.39, 0.29) is 36.3 Å². The van der Waals surface area contributed by atoms with E-state index >= 15 is 0 Å². The number of hydrogen-bond donors (Lipinski definition) is 0. The Morgan fingerprint density at radius 1 is 1.11 bits per heavy atom. The third-order valence-corrected chi connectivity index (χ3v) is 4.18. The van der Waals surface area contributed by atoms with Gasteiger partial charge in [-0.2, -0.15) is 4.57 Å². The molecule has 1 heterocycles. The van der Waals surface area contributed by atoms with Crippen LogP contribution in [0.3, 0.4) is 0 Å². The molecule has 2 aromatic rings. The molecule has 0 aliphatic carbocycles. The van der Waals surface area contributed by atoms with Crippen LogP contribution in [0, 0.1) is 10.1 Å². The minimum absolute atomic E-state index is 0. The monoisotopic (exact) mass is 539 g/mol. The van der Waals surface area contributed by atoms with E-state index in [1.807, 2.05) is 4.90 Å². The maximum Gasteiger partial charge on any atom is 0.344 e. The number of halogens is 3. The lowest BCUT2D eigenvalue weighted by Gasteiger charge is -2.19. The Morgan fingerprint density at radius 2 is 1.75 bits per heavy atom. The van der Waals surface area contributed by atoms with Gasteiger partial charge in [-0.25, -0.2) is 4.79 Å². The van der Waals surface area contributed by atoms with E-state index in [9.17, 15) is 14.9 Å². The number of nitrogens with zero attached hydrogens (tertiary/aromatic N) is 3. The molecule has 1 aromatic carbocycles. The first-order chi connectivity index (χ1) is 13.0. The van der Waals surface area contributed by atoms with Gasteiger partial charge in [0.15, 0.2) is 12.4 Å². The Bertz CT molecular complexity index is 772. The number of esters is 1. The van der Waals surface area contributed by atoms with Crippen molar-refractivity contribution >= 4 is 34.9 Å². The van der Waals surface area contributed by atoms with Crippen LogP contribution < -0.4 is 28.5 Å². The van der Waals surface area contributed by atoms with Crippen LogP contribution in [-0.2, 0) is 4.74 Å². The van der Waals surface area contributed by atoms with Crippen molar-refractivity contribution in [1.29, 1.82) is 0 Å². The molecule has 152 valence electrons. The molecule has 2 rings (SSSR count). The lowest BCUT2D eigenvalue weighted by atomic mass is 10.2. The molecular weight excluding hydrogens is 520 g/mol. The van der Waals surface area contributed by atoms with E-state index in [2.05, 4.69) is 0 Å². The Hall–Kier alpha value is -1.49. The molecule has 0 fully saturated rings. The van der Waals surface area contributed by atoms with E-state index in [4.69, 9.17) is 27.9 Å². The molecule has 0 aliphatic rings. The molecule has 0 saturated heterocycles. The molecule has 7 nitrogen and oxygen atoms in total. The highest BCUT2D eigenvalue weighted by atomic mass is 127. The maximum absolute atomic E-state index is 12.3. The summed E-state index contributed by atoms with van der Waals surface area (Å²) in [5.74, 6) is 0.528. The number of alkyl halides is 2. The molecule has 0 bridgehead atoms. The molecule has 10 heteroatoms. The fraction of sp³-hybridized carbons (Fsp3) is 0.333. The van der Waals surface area contributed by atoms with Crippen molar-refractivity contribution in [3.05, 3.63) is 64.5 Å². The van der Waals surface area contributed by atoms with Crippen LogP contribution in [0.5, 0.6) is 0 Å². The lowest BCUT2D eigenvalue weighted by molar-refractivity contribution is -0.596. The predicted octanol–water partition coefficient (Wildman–Crippen LogP) is -0.188. The van der Waals surface area contributed by atoms with Gasteiger partial charge in [0.05, 0.1) is 4.92 Å². The second-order valence-corrected chi connectivity index (χ2v) is 6.38. The highest BCUT2D eigenvalue weighted by molar-refractivity contribution is 6.18. The van der Waals surface area contributed by atoms with Crippen molar-refractivity contribution in [2.75, 3.05) is 38.0 Å². The fourth-order valence-corrected chi connectivity index (χ4v) is 2.91. The van der Waals surface area contributed by atoms with E-state index < -0.39 is 10.9 Å². The third-order valence-electron chi connectivity index (χ3n) is 3.84. The normalized spacial score (nSPS) is 10.4. The summed E-state index contributed by atoms with van der Waals surface area (Å²) < 4.78 is 7.03. The topological polar surface area (TPSA) is 76.6 Å². The molecule has 0 unspecified atom stereocenters. The van der Waals surface area contributed by atoms with Crippen LogP contribution in [0.2, 0.25) is 0 Å². The number of rotatable bonds is 10. The van der Waals surface area contributed by atoms with E-state index in [1.54, 1.807) is 41.2 Å². The van der Waals surface area contributed by atoms with Crippen molar-refractivity contribution in [3.63, 3.8) is 0 Å². The molecule has 0 spiro atoms. The summed E-state index contributed by atoms with van der Waals surface area (Å²) in [6.07, 6.45) is 3.37. The van der Waals surface area contributed by atoms with Gasteiger partial charge in [0.2, 0.25) is 5.69 Å². The zero-order valence-electron chi connectivity index (χ0n) is 15.0. The lowest BCUT2D eigenvalue weighted by Crippen LogP contribution is -3.00. The molecule has 0 saturated carbocycles. The van der Waals surface area contributed by atoms with Crippen LogP contribution in [0.15, 0.2) is 48.8 Å². The number of nitro groups is 1. The Labute approximate surface area is 190 Å². The third kappa shape index (κ3) is 7.50. The SMILES string of the molecule is O=C(OCCN(CCCl)CCCl)c1ccc[n+](-c2ccc([N+](=O)[O-])cc2)c1.[I-]. The quantitative estimate of drug-likeness (QED) is 0.104. The van der Waals surface area contributed by atoms with Gasteiger partial charge < -0.3 is 28.7 Å². The van der Waals surface area contributed by atoms with Gasteiger partial charge >= 0.3 is 5.97 Å². The average Bonchev–Trinajstić information content (AvgIpc) is 2.68. The molecule has 0 aliphatic heterocycles. The van der Waals surface area contributed by atoms with Crippen molar-refractivity contribution in [2.24, 2.45) is 0 Å². The maximum atomic E-state index is 12.3. The van der Waals surface area contributed by atoms with Gasteiger partial charge in [-0.05, 0) is 6.07 Å². The smallest absolute Gasteiger partial charge is 0.344 e. The molecule has 28 heavy (non-hydrogen) atoms. The first-order valence-electron chi connectivity index (χ1n) is 8.32. The average molecular weight is 540 g/mol. The first kappa shape index (κ1) is 24.5. The van der Waals surface area contributed by atoms with Gasteiger partial charge in [-0.15, -0.1) is 23.2 Å². The van der Waals surface area contributed by atoms with Gasteiger partial charge in [0, 0.05) is 61.7 Å². The Balaban J connectivity index is 0.00000392. The van der Waals surface area contributed by atoms with E-state index in [0.29, 0.717) is 42.6 Å². The molecule has 0 radical (unpaired) electrons. The first-order valence-corrected chi connectivity index (χ1v) is 9.39. The van der Waals surface area contributed by atoms with Crippen molar-refractivity contribution < 1.29 is 43.0 Å². The van der Waals surface area contributed by atoms with Crippen LogP contribution in [0.1, 0.15) is 10.4 Å². The van der Waals surface area contributed by atoms with Gasteiger partial charge in [0.25, 0.3) is 5.69 Å². The molecule has 1 aromatic heterocycles. The largest absolute Gasteiger partial charge is 1.00 e.